The summed E-state index contributed by atoms with van der Waals surface area (Å²) >= 11 is 0. The molecule has 9 heteroatoms. The van der Waals surface area contributed by atoms with Crippen LogP contribution in [0.1, 0.15) is 22.5 Å². The zero-order valence-corrected chi connectivity index (χ0v) is 20.2. The van der Waals surface area contributed by atoms with Gasteiger partial charge in [0, 0.05) is 25.9 Å². The Bertz CT molecular complexity index is 1400. The molecule has 0 saturated heterocycles. The van der Waals surface area contributed by atoms with E-state index in [2.05, 4.69) is 10.1 Å². The number of anilines is 2. The van der Waals surface area contributed by atoms with Gasteiger partial charge in [-0.1, -0.05) is 42.5 Å². The topological polar surface area (TPSA) is 111 Å². The highest BCUT2D eigenvalue weighted by Crippen LogP contribution is 2.21. The van der Waals surface area contributed by atoms with Gasteiger partial charge in [-0.3, -0.25) is 14.3 Å². The number of aryl methyl sites for hydroxylation is 2. The van der Waals surface area contributed by atoms with Crippen LogP contribution in [0.5, 0.6) is 0 Å². The van der Waals surface area contributed by atoms with E-state index < -0.39 is 11.2 Å². The van der Waals surface area contributed by atoms with Crippen LogP contribution in [-0.2, 0) is 17.8 Å². The van der Waals surface area contributed by atoms with Crippen LogP contribution in [0.15, 0.2) is 70.3 Å². The van der Waals surface area contributed by atoms with Gasteiger partial charge in [-0.05, 0) is 43.2 Å². The second kappa shape index (κ2) is 10.4. The van der Waals surface area contributed by atoms with E-state index >= 15 is 0 Å². The molecule has 0 fully saturated rings. The van der Waals surface area contributed by atoms with Crippen molar-refractivity contribution in [2.24, 2.45) is 0 Å². The lowest BCUT2D eigenvalue weighted by atomic mass is 10.1. The van der Waals surface area contributed by atoms with E-state index in [9.17, 15) is 9.59 Å². The molecular weight excluding hydrogens is 444 g/mol. The monoisotopic (exact) mass is 474 g/mol. The first-order valence-electron chi connectivity index (χ1n) is 11.4. The maximum Gasteiger partial charge on any atom is 0.330 e. The second-order valence-electron chi connectivity index (χ2n) is 8.48. The van der Waals surface area contributed by atoms with E-state index in [1.165, 1.54) is 4.57 Å². The Morgan fingerprint density at radius 1 is 1.03 bits per heavy atom. The molecule has 4 aromatic rings. The van der Waals surface area contributed by atoms with Crippen molar-refractivity contribution < 1.29 is 4.74 Å². The van der Waals surface area contributed by atoms with E-state index in [0.29, 0.717) is 19.7 Å². The fourth-order valence-electron chi connectivity index (χ4n) is 4.13. The van der Waals surface area contributed by atoms with Crippen LogP contribution in [0, 0.1) is 13.8 Å². The Balaban J connectivity index is 1.67. The predicted octanol–water partition coefficient (Wildman–Crippen LogP) is 2.62. The molecule has 2 aromatic carbocycles. The maximum absolute atomic E-state index is 12.9. The molecule has 0 aliphatic rings. The number of ether oxygens (including phenoxy) is 1. The molecule has 0 aliphatic heterocycles. The van der Waals surface area contributed by atoms with Crippen molar-refractivity contribution in [3.63, 3.8) is 0 Å². The van der Waals surface area contributed by atoms with Gasteiger partial charge in [-0.2, -0.15) is 5.10 Å². The van der Waals surface area contributed by atoms with Crippen molar-refractivity contribution in [3.8, 4) is 5.69 Å². The summed E-state index contributed by atoms with van der Waals surface area (Å²) in [7, 11) is 1.60. The molecule has 2 aromatic heterocycles. The van der Waals surface area contributed by atoms with E-state index in [1.54, 1.807) is 7.11 Å². The van der Waals surface area contributed by atoms with E-state index in [1.807, 2.05) is 84.1 Å². The fraction of sp³-hybridized carbons (Fsp3) is 0.269. The summed E-state index contributed by atoms with van der Waals surface area (Å²) in [5.41, 5.74) is 10.5. The SMILES string of the molecule is COCCN(Cc1ccc(-n2nc(C)cc2C)cc1)c1c(N)n(Cc2ccccc2)c(=O)[nH]c1=O. The molecule has 2 heterocycles. The first-order chi connectivity index (χ1) is 16.9. The summed E-state index contributed by atoms with van der Waals surface area (Å²) in [6, 6.07) is 19.5. The highest BCUT2D eigenvalue weighted by molar-refractivity contribution is 5.63. The average molecular weight is 475 g/mol. The molecule has 0 bridgehead atoms. The van der Waals surface area contributed by atoms with Crippen LogP contribution in [0.25, 0.3) is 5.69 Å². The Hall–Kier alpha value is -4.11. The van der Waals surface area contributed by atoms with Gasteiger partial charge in [-0.15, -0.1) is 0 Å². The lowest BCUT2D eigenvalue weighted by Gasteiger charge is -2.26. The summed E-state index contributed by atoms with van der Waals surface area (Å²) in [6.45, 7) is 5.46. The van der Waals surface area contributed by atoms with Crippen molar-refractivity contribution in [1.82, 2.24) is 19.3 Å². The number of H-pyrrole nitrogens is 1. The summed E-state index contributed by atoms with van der Waals surface area (Å²) in [4.78, 5) is 29.8. The summed E-state index contributed by atoms with van der Waals surface area (Å²) in [6.07, 6.45) is 0. The minimum atomic E-state index is -0.541. The summed E-state index contributed by atoms with van der Waals surface area (Å²) in [5.74, 6) is 0.123. The van der Waals surface area contributed by atoms with E-state index in [4.69, 9.17) is 10.5 Å². The molecule has 9 nitrogen and oxygen atoms in total. The predicted molar refractivity (Wildman–Crippen MR) is 137 cm³/mol. The van der Waals surface area contributed by atoms with Gasteiger partial charge in [0.15, 0.2) is 0 Å². The van der Waals surface area contributed by atoms with Crippen LogP contribution in [0.3, 0.4) is 0 Å². The third-order valence-electron chi connectivity index (χ3n) is 5.84. The Kier molecular flexibility index (Phi) is 7.17. The third-order valence-corrected chi connectivity index (χ3v) is 5.84. The zero-order valence-electron chi connectivity index (χ0n) is 20.2. The van der Waals surface area contributed by atoms with E-state index in [-0.39, 0.29) is 18.1 Å². The maximum atomic E-state index is 12.9. The minimum Gasteiger partial charge on any atom is -0.383 e. The molecule has 0 aliphatic carbocycles. The number of nitrogens with one attached hydrogen (secondary N) is 1. The van der Waals surface area contributed by atoms with Crippen LogP contribution in [0.4, 0.5) is 11.5 Å². The number of benzene rings is 2. The molecule has 35 heavy (non-hydrogen) atoms. The largest absolute Gasteiger partial charge is 0.383 e. The number of hydrogen-bond acceptors (Lipinski definition) is 6. The van der Waals surface area contributed by atoms with Crippen molar-refractivity contribution in [2.45, 2.75) is 26.9 Å². The van der Waals surface area contributed by atoms with Gasteiger partial charge >= 0.3 is 5.69 Å². The highest BCUT2D eigenvalue weighted by Gasteiger charge is 2.19. The Morgan fingerprint density at radius 2 is 1.74 bits per heavy atom. The van der Waals surface area contributed by atoms with Crippen LogP contribution < -0.4 is 21.9 Å². The van der Waals surface area contributed by atoms with Gasteiger partial charge in [-0.25, -0.2) is 9.48 Å². The summed E-state index contributed by atoms with van der Waals surface area (Å²) in [5, 5.41) is 4.53. The molecule has 0 unspecified atom stereocenters. The standard InChI is InChI=1S/C26H30N6O3/c1-18-15-19(2)32(29-18)22-11-9-21(10-12-22)16-30(13-14-35-3)23-24(27)31(26(34)28-25(23)33)17-20-7-5-4-6-8-20/h4-12,15H,13-14,16-17,27H2,1-3H3,(H,28,33,34). The molecule has 0 saturated carbocycles. The van der Waals surface area contributed by atoms with Gasteiger partial charge in [0.25, 0.3) is 5.56 Å². The molecule has 0 atom stereocenters. The van der Waals surface area contributed by atoms with Crippen LogP contribution in [0.2, 0.25) is 0 Å². The molecule has 4 rings (SSSR count). The smallest absolute Gasteiger partial charge is 0.330 e. The Labute approximate surface area is 203 Å². The number of aromatic nitrogens is 4. The molecule has 182 valence electrons. The first-order valence-corrected chi connectivity index (χ1v) is 11.4. The number of rotatable bonds is 9. The summed E-state index contributed by atoms with van der Waals surface area (Å²) < 4.78 is 8.56. The fourth-order valence-corrected chi connectivity index (χ4v) is 4.13. The molecular formula is C26H30N6O3. The minimum absolute atomic E-state index is 0.123. The normalized spacial score (nSPS) is 11.1. The van der Waals surface area contributed by atoms with E-state index in [0.717, 1.165) is 28.2 Å². The molecule has 0 spiro atoms. The van der Waals surface area contributed by atoms with Crippen molar-refractivity contribution in [1.29, 1.82) is 0 Å². The van der Waals surface area contributed by atoms with Gasteiger partial charge in [0.05, 0.1) is 24.5 Å². The van der Waals surface area contributed by atoms with Crippen molar-refractivity contribution in [3.05, 3.63) is 104 Å². The number of methoxy groups -OCH3 is 1. The number of nitrogens with zero attached hydrogens (tertiary/aromatic N) is 4. The zero-order chi connectivity index (χ0) is 24.9. The van der Waals surface area contributed by atoms with Gasteiger partial charge < -0.3 is 15.4 Å². The highest BCUT2D eigenvalue weighted by atomic mass is 16.5. The lowest BCUT2D eigenvalue weighted by Crippen LogP contribution is -2.39. The number of nitrogens with two attached hydrogens (primary N) is 1. The van der Waals surface area contributed by atoms with Crippen LogP contribution >= 0.6 is 0 Å². The number of aromatic amines is 1. The van der Waals surface area contributed by atoms with Crippen LogP contribution in [-0.4, -0.2) is 39.6 Å². The van der Waals surface area contributed by atoms with Gasteiger partial charge in [0.2, 0.25) is 0 Å². The third kappa shape index (κ3) is 5.36. The molecule has 0 amide bonds. The second-order valence-corrected chi connectivity index (χ2v) is 8.48. The Morgan fingerprint density at radius 3 is 2.37 bits per heavy atom. The quantitative estimate of drug-likeness (QED) is 0.386. The first kappa shape index (κ1) is 24.0. The van der Waals surface area contributed by atoms with Crippen molar-refractivity contribution >= 4 is 11.5 Å². The number of hydrogen-bond donors (Lipinski definition) is 2. The molecule has 0 radical (unpaired) electrons. The number of nitrogen functional groups attached to an aromatic ring is 1. The van der Waals surface area contributed by atoms with Crippen molar-refractivity contribution in [2.75, 3.05) is 30.9 Å². The molecule has 3 N–H and O–H groups in total. The average Bonchev–Trinajstić information content (AvgIpc) is 3.18. The van der Waals surface area contributed by atoms with Gasteiger partial charge in [0.1, 0.15) is 11.5 Å². The lowest BCUT2D eigenvalue weighted by molar-refractivity contribution is 0.205.